The molecule has 13 nitrogen and oxygen atoms in total. The molecule has 0 aliphatic carbocycles. The van der Waals surface area contributed by atoms with E-state index in [0.717, 1.165) is 0 Å². The highest BCUT2D eigenvalue weighted by Crippen LogP contribution is 2.12. The van der Waals surface area contributed by atoms with E-state index in [1.165, 1.54) is 24.3 Å². The van der Waals surface area contributed by atoms with Crippen LogP contribution in [0.25, 0.3) is 0 Å². The molecule has 0 aliphatic heterocycles. The third-order valence-electron chi connectivity index (χ3n) is 4.25. The lowest BCUT2D eigenvalue weighted by molar-refractivity contribution is -0.143. The monoisotopic (exact) mass is 454 g/mol. The lowest BCUT2D eigenvalue weighted by Gasteiger charge is -2.22. The van der Waals surface area contributed by atoms with Crippen LogP contribution < -0.4 is 21.7 Å². The zero-order chi connectivity index (χ0) is 24.3. The number of aliphatic hydroxyl groups excluding tert-OH is 1. The Morgan fingerprint density at radius 3 is 2.09 bits per heavy atom. The number of phenolic OH excluding ortho intramolecular Hbond substituents is 1. The molecule has 1 aromatic carbocycles. The number of carboxylic acid groups (broad SMARTS) is 2. The van der Waals surface area contributed by atoms with Crippen LogP contribution in [-0.4, -0.2) is 81.4 Å². The molecule has 0 aliphatic rings. The number of carbonyl (C=O) groups is 5. The van der Waals surface area contributed by atoms with Crippen LogP contribution in [0.1, 0.15) is 18.4 Å². The molecule has 1 aromatic rings. The van der Waals surface area contributed by atoms with Crippen LogP contribution in [0.2, 0.25) is 0 Å². The predicted octanol–water partition coefficient (Wildman–Crippen LogP) is -2.71. The van der Waals surface area contributed by atoms with Crippen LogP contribution in [0, 0.1) is 0 Å². The van der Waals surface area contributed by atoms with Gasteiger partial charge in [0.2, 0.25) is 17.7 Å². The van der Waals surface area contributed by atoms with Crippen LogP contribution in [0.3, 0.4) is 0 Å². The third-order valence-corrected chi connectivity index (χ3v) is 4.25. The standard InChI is InChI=1S/C19H26N4O9/c20-12(9-24)17(29)21-8-15(26)22-14(7-10-1-3-11(25)4-2-10)18(30)23-13(19(31)32)5-6-16(27)28/h1-4,12-14,24-25H,5-9,20H2,(H,21,29)(H,22,26)(H,23,30)(H,27,28)(H,31,32). The highest BCUT2D eigenvalue weighted by atomic mass is 16.4. The molecule has 0 aromatic heterocycles. The minimum atomic E-state index is -1.50. The largest absolute Gasteiger partial charge is 0.508 e. The molecule has 32 heavy (non-hydrogen) atoms. The van der Waals surface area contributed by atoms with Gasteiger partial charge in [0.1, 0.15) is 23.9 Å². The highest BCUT2D eigenvalue weighted by molar-refractivity contribution is 5.92. The van der Waals surface area contributed by atoms with Gasteiger partial charge < -0.3 is 42.1 Å². The van der Waals surface area contributed by atoms with E-state index < -0.39 is 67.4 Å². The number of aliphatic carboxylic acids is 2. The number of nitrogens with two attached hydrogens (primary N) is 1. The second-order valence-electron chi connectivity index (χ2n) is 6.83. The van der Waals surface area contributed by atoms with Crippen molar-refractivity contribution in [3.63, 3.8) is 0 Å². The van der Waals surface area contributed by atoms with Gasteiger partial charge in [0.15, 0.2) is 0 Å². The molecule has 0 saturated heterocycles. The second-order valence-corrected chi connectivity index (χ2v) is 6.83. The predicted molar refractivity (Wildman–Crippen MR) is 108 cm³/mol. The highest BCUT2D eigenvalue weighted by Gasteiger charge is 2.27. The Labute approximate surface area is 182 Å². The summed E-state index contributed by atoms with van der Waals surface area (Å²) in [6.45, 7) is -1.19. The lowest BCUT2D eigenvalue weighted by atomic mass is 10.0. The lowest BCUT2D eigenvalue weighted by Crippen LogP contribution is -2.54. The van der Waals surface area contributed by atoms with Gasteiger partial charge in [-0.3, -0.25) is 19.2 Å². The van der Waals surface area contributed by atoms with Crippen LogP contribution in [0.4, 0.5) is 0 Å². The van der Waals surface area contributed by atoms with Crippen molar-refractivity contribution in [3.05, 3.63) is 29.8 Å². The number of aliphatic hydroxyl groups is 1. The molecule has 0 fully saturated rings. The van der Waals surface area contributed by atoms with Crippen molar-refractivity contribution < 1.29 is 44.4 Å². The van der Waals surface area contributed by atoms with Crippen molar-refractivity contribution in [1.82, 2.24) is 16.0 Å². The molecule has 13 heteroatoms. The summed E-state index contributed by atoms with van der Waals surface area (Å²) in [6, 6.07) is 1.68. The summed E-state index contributed by atoms with van der Waals surface area (Å²) in [5.74, 6) is -5.18. The van der Waals surface area contributed by atoms with Gasteiger partial charge in [-0.1, -0.05) is 12.1 Å². The summed E-state index contributed by atoms with van der Waals surface area (Å²) in [5, 5.41) is 42.9. The summed E-state index contributed by atoms with van der Waals surface area (Å²) < 4.78 is 0. The van der Waals surface area contributed by atoms with Gasteiger partial charge in [0, 0.05) is 12.8 Å². The van der Waals surface area contributed by atoms with E-state index in [1.54, 1.807) is 0 Å². The van der Waals surface area contributed by atoms with Crippen LogP contribution in [0.15, 0.2) is 24.3 Å². The fourth-order valence-electron chi connectivity index (χ4n) is 2.50. The maximum Gasteiger partial charge on any atom is 0.326 e. The Balaban J connectivity index is 2.90. The summed E-state index contributed by atoms with van der Waals surface area (Å²) >= 11 is 0. The Kier molecular flexibility index (Phi) is 10.6. The van der Waals surface area contributed by atoms with Crippen molar-refractivity contribution >= 4 is 29.7 Å². The fourth-order valence-corrected chi connectivity index (χ4v) is 2.50. The van der Waals surface area contributed by atoms with Gasteiger partial charge in [-0.2, -0.15) is 0 Å². The number of hydrogen-bond acceptors (Lipinski definition) is 8. The van der Waals surface area contributed by atoms with E-state index in [-0.39, 0.29) is 18.6 Å². The number of phenols is 1. The normalized spacial score (nSPS) is 13.3. The molecule has 3 atom stereocenters. The van der Waals surface area contributed by atoms with Crippen molar-refractivity contribution in [2.45, 2.75) is 37.4 Å². The topological polar surface area (TPSA) is 228 Å². The van der Waals surface area contributed by atoms with Crippen molar-refractivity contribution in [2.24, 2.45) is 5.73 Å². The van der Waals surface area contributed by atoms with Crippen molar-refractivity contribution in [2.75, 3.05) is 13.2 Å². The molecule has 3 unspecified atom stereocenters. The Morgan fingerprint density at radius 2 is 1.56 bits per heavy atom. The minimum Gasteiger partial charge on any atom is -0.508 e. The third kappa shape index (κ3) is 9.40. The van der Waals surface area contributed by atoms with Crippen molar-refractivity contribution in [3.8, 4) is 5.75 Å². The number of amides is 3. The molecule has 176 valence electrons. The first-order chi connectivity index (χ1) is 15.0. The molecule has 0 bridgehead atoms. The quantitative estimate of drug-likeness (QED) is 0.154. The number of carboxylic acids is 2. The number of benzene rings is 1. The molecule has 9 N–H and O–H groups in total. The van der Waals surface area contributed by atoms with Gasteiger partial charge in [-0.15, -0.1) is 0 Å². The minimum absolute atomic E-state index is 0.0265. The van der Waals surface area contributed by atoms with Crippen LogP contribution >= 0.6 is 0 Å². The molecular weight excluding hydrogens is 428 g/mol. The molecule has 1 rings (SSSR count). The first-order valence-corrected chi connectivity index (χ1v) is 9.49. The zero-order valence-electron chi connectivity index (χ0n) is 17.0. The van der Waals surface area contributed by atoms with Gasteiger partial charge in [-0.05, 0) is 24.1 Å². The first-order valence-electron chi connectivity index (χ1n) is 9.49. The average molecular weight is 454 g/mol. The number of carbonyl (C=O) groups excluding carboxylic acids is 3. The number of hydrogen-bond donors (Lipinski definition) is 8. The van der Waals surface area contributed by atoms with E-state index >= 15 is 0 Å². The number of rotatable bonds is 13. The molecule has 0 spiro atoms. The van der Waals surface area contributed by atoms with E-state index in [4.69, 9.17) is 15.9 Å². The number of aromatic hydroxyl groups is 1. The maximum atomic E-state index is 12.7. The van der Waals surface area contributed by atoms with Gasteiger partial charge in [0.05, 0.1) is 13.2 Å². The fraction of sp³-hybridized carbons (Fsp3) is 0.421. The second kappa shape index (κ2) is 12.9. The molecule has 0 saturated carbocycles. The first kappa shape index (κ1) is 26.3. The SMILES string of the molecule is NC(CO)C(=O)NCC(=O)NC(Cc1ccc(O)cc1)C(=O)NC(CCC(=O)O)C(=O)O. The van der Waals surface area contributed by atoms with Crippen LogP contribution in [0.5, 0.6) is 5.75 Å². The summed E-state index contributed by atoms with van der Waals surface area (Å²) in [4.78, 5) is 58.5. The summed E-state index contributed by atoms with van der Waals surface area (Å²) in [7, 11) is 0. The van der Waals surface area contributed by atoms with E-state index in [0.29, 0.717) is 5.56 Å². The summed E-state index contributed by atoms with van der Waals surface area (Å²) in [5.41, 5.74) is 5.84. The van der Waals surface area contributed by atoms with Gasteiger partial charge in [-0.25, -0.2) is 4.79 Å². The summed E-state index contributed by atoms with van der Waals surface area (Å²) in [6.07, 6.45) is -0.956. The zero-order valence-corrected chi connectivity index (χ0v) is 17.0. The maximum absolute atomic E-state index is 12.7. The molecule has 3 amide bonds. The molecule has 0 radical (unpaired) electrons. The van der Waals surface area contributed by atoms with E-state index in [2.05, 4.69) is 16.0 Å². The van der Waals surface area contributed by atoms with Crippen LogP contribution in [-0.2, 0) is 30.4 Å². The van der Waals surface area contributed by atoms with Gasteiger partial charge in [0.25, 0.3) is 0 Å². The number of nitrogens with one attached hydrogen (secondary N) is 3. The van der Waals surface area contributed by atoms with Crippen molar-refractivity contribution in [1.29, 1.82) is 0 Å². The Hall–Kier alpha value is -3.71. The molecule has 0 heterocycles. The van der Waals surface area contributed by atoms with Gasteiger partial charge >= 0.3 is 11.9 Å². The Morgan fingerprint density at radius 1 is 0.938 bits per heavy atom. The average Bonchev–Trinajstić information content (AvgIpc) is 2.74. The smallest absolute Gasteiger partial charge is 0.326 e. The molecular formula is C19H26N4O9. The Bertz CT molecular complexity index is 829. The van der Waals surface area contributed by atoms with E-state index in [9.17, 15) is 34.2 Å². The van der Waals surface area contributed by atoms with E-state index in [1.807, 2.05) is 0 Å².